The molecule has 0 aliphatic heterocycles. The van der Waals surface area contributed by atoms with Crippen molar-refractivity contribution in [3.63, 3.8) is 0 Å². The van der Waals surface area contributed by atoms with Gasteiger partial charge >= 0.3 is 5.51 Å². The number of rotatable bonds is 4. The fraction of sp³-hybridized carbons (Fsp3) is 0.400. The average molecular weight is 265 g/mol. The van der Waals surface area contributed by atoms with E-state index >= 15 is 0 Å². The third-order valence-corrected chi connectivity index (χ3v) is 2.85. The van der Waals surface area contributed by atoms with Gasteiger partial charge in [-0.1, -0.05) is 13.3 Å². The van der Waals surface area contributed by atoms with Crippen LogP contribution >= 0.6 is 11.8 Å². The maximum atomic E-state index is 12.2. The Kier molecular flexibility index (Phi) is 4.39. The Balaban J connectivity index is 3.08. The Hall–Kier alpha value is -1.24. The molecule has 0 bridgehead atoms. The summed E-state index contributed by atoms with van der Waals surface area (Å²) in [6, 6.07) is 3.45. The Morgan fingerprint density at radius 2 is 2.06 bits per heavy atom. The number of non-ortho nitro benzene ring substituents is 1. The van der Waals surface area contributed by atoms with Crippen LogP contribution in [0, 0.1) is 10.1 Å². The Morgan fingerprint density at radius 1 is 1.41 bits per heavy atom. The molecule has 1 aromatic rings. The van der Waals surface area contributed by atoms with Crippen LogP contribution in [0.25, 0.3) is 0 Å². The van der Waals surface area contributed by atoms with Gasteiger partial charge in [-0.25, -0.2) is 0 Å². The van der Waals surface area contributed by atoms with Crippen LogP contribution in [0.3, 0.4) is 0 Å². The molecule has 94 valence electrons. The minimum Gasteiger partial charge on any atom is -0.258 e. The normalized spacial score (nSPS) is 11.5. The van der Waals surface area contributed by atoms with Gasteiger partial charge in [0.1, 0.15) is 0 Å². The molecule has 0 spiro atoms. The first-order valence-electron chi connectivity index (χ1n) is 4.86. The van der Waals surface area contributed by atoms with Crippen molar-refractivity contribution in [2.75, 3.05) is 0 Å². The molecule has 7 heteroatoms. The van der Waals surface area contributed by atoms with Gasteiger partial charge in [0.05, 0.1) is 4.92 Å². The van der Waals surface area contributed by atoms with Crippen molar-refractivity contribution in [3.8, 4) is 0 Å². The first-order chi connectivity index (χ1) is 7.83. The number of benzene rings is 1. The number of hydrogen-bond donors (Lipinski definition) is 0. The average Bonchev–Trinajstić information content (AvgIpc) is 2.18. The van der Waals surface area contributed by atoms with E-state index in [2.05, 4.69) is 0 Å². The zero-order valence-electron chi connectivity index (χ0n) is 8.95. The molecule has 0 unspecified atom stereocenters. The summed E-state index contributed by atoms with van der Waals surface area (Å²) < 4.78 is 36.7. The van der Waals surface area contributed by atoms with Crippen LogP contribution in [0.4, 0.5) is 18.9 Å². The quantitative estimate of drug-likeness (QED) is 0.466. The molecule has 0 amide bonds. The molecule has 0 radical (unpaired) electrons. The van der Waals surface area contributed by atoms with Gasteiger partial charge < -0.3 is 0 Å². The van der Waals surface area contributed by atoms with E-state index in [0.29, 0.717) is 18.4 Å². The maximum absolute atomic E-state index is 12.2. The van der Waals surface area contributed by atoms with Crippen molar-refractivity contribution in [3.05, 3.63) is 33.9 Å². The fourth-order valence-corrected chi connectivity index (χ4v) is 2.05. The molecular weight excluding hydrogens is 255 g/mol. The molecular formula is C10H10F3NO2S. The lowest BCUT2D eigenvalue weighted by Gasteiger charge is -2.10. The highest BCUT2D eigenvalue weighted by atomic mass is 32.2. The lowest BCUT2D eigenvalue weighted by atomic mass is 10.1. The highest BCUT2D eigenvalue weighted by Crippen LogP contribution is 2.39. The van der Waals surface area contributed by atoms with Crippen molar-refractivity contribution in [2.45, 2.75) is 30.2 Å². The molecule has 0 aliphatic rings. The van der Waals surface area contributed by atoms with Gasteiger partial charge in [-0.15, -0.1) is 0 Å². The summed E-state index contributed by atoms with van der Waals surface area (Å²) in [6.45, 7) is 1.81. The SMILES string of the molecule is CCCc1cc([N+](=O)[O-])ccc1SC(F)(F)F. The molecule has 17 heavy (non-hydrogen) atoms. The van der Waals surface area contributed by atoms with Crippen LogP contribution in [0.1, 0.15) is 18.9 Å². The summed E-state index contributed by atoms with van der Waals surface area (Å²) in [5, 5.41) is 10.5. The zero-order chi connectivity index (χ0) is 13.1. The molecule has 1 aromatic carbocycles. The second-order valence-corrected chi connectivity index (χ2v) is 4.45. The largest absolute Gasteiger partial charge is 0.446 e. The number of aryl methyl sites for hydroxylation is 1. The van der Waals surface area contributed by atoms with E-state index in [1.807, 2.05) is 0 Å². The highest BCUT2D eigenvalue weighted by molar-refractivity contribution is 8.00. The first kappa shape index (κ1) is 13.8. The molecule has 0 aliphatic carbocycles. The molecule has 0 saturated heterocycles. The number of nitrogens with zero attached hydrogens (tertiary/aromatic N) is 1. The number of hydrogen-bond acceptors (Lipinski definition) is 3. The van der Waals surface area contributed by atoms with Crippen LogP contribution in [-0.2, 0) is 6.42 Å². The van der Waals surface area contributed by atoms with Crippen molar-refractivity contribution >= 4 is 17.4 Å². The lowest BCUT2D eigenvalue weighted by molar-refractivity contribution is -0.385. The second-order valence-electron chi connectivity index (χ2n) is 3.35. The van der Waals surface area contributed by atoms with Crippen molar-refractivity contribution in [2.24, 2.45) is 0 Å². The van der Waals surface area contributed by atoms with Gasteiger partial charge in [0.2, 0.25) is 0 Å². The maximum Gasteiger partial charge on any atom is 0.446 e. The summed E-state index contributed by atoms with van der Waals surface area (Å²) in [4.78, 5) is 9.95. The van der Waals surface area contributed by atoms with Gasteiger partial charge in [-0.05, 0) is 29.8 Å². The summed E-state index contributed by atoms with van der Waals surface area (Å²) >= 11 is -0.235. The van der Waals surface area contributed by atoms with E-state index in [9.17, 15) is 23.3 Å². The minimum absolute atomic E-state index is 0.0324. The van der Waals surface area contributed by atoms with Gasteiger partial charge in [0, 0.05) is 17.0 Å². The first-order valence-corrected chi connectivity index (χ1v) is 5.68. The van der Waals surface area contributed by atoms with E-state index in [-0.39, 0.29) is 22.3 Å². The van der Waals surface area contributed by atoms with Crippen molar-refractivity contribution < 1.29 is 18.1 Å². The molecule has 0 aromatic heterocycles. The fourth-order valence-electron chi connectivity index (χ4n) is 1.37. The number of thioether (sulfide) groups is 1. The third kappa shape index (κ3) is 4.26. The summed E-state index contributed by atoms with van der Waals surface area (Å²) in [7, 11) is 0. The van der Waals surface area contributed by atoms with Crippen LogP contribution in [0.5, 0.6) is 0 Å². The van der Waals surface area contributed by atoms with E-state index < -0.39 is 10.4 Å². The van der Waals surface area contributed by atoms with E-state index in [1.54, 1.807) is 6.92 Å². The number of nitro groups is 1. The summed E-state index contributed by atoms with van der Waals surface area (Å²) in [5.41, 5.74) is -4.19. The van der Waals surface area contributed by atoms with Gasteiger partial charge in [0.25, 0.3) is 5.69 Å². The molecule has 0 fully saturated rings. The molecule has 3 nitrogen and oxygen atoms in total. The standard InChI is InChI=1S/C10H10F3NO2S/c1-2-3-7-6-8(14(15)16)4-5-9(7)17-10(11,12)13/h4-6H,2-3H2,1H3. The number of nitro benzene ring substituents is 1. The smallest absolute Gasteiger partial charge is 0.258 e. The monoisotopic (exact) mass is 265 g/mol. The van der Waals surface area contributed by atoms with Gasteiger partial charge in [-0.3, -0.25) is 10.1 Å². The van der Waals surface area contributed by atoms with Crippen molar-refractivity contribution in [1.29, 1.82) is 0 Å². The lowest BCUT2D eigenvalue weighted by Crippen LogP contribution is -2.02. The molecule has 0 N–H and O–H groups in total. The van der Waals surface area contributed by atoms with E-state index in [4.69, 9.17) is 0 Å². The number of halogens is 3. The van der Waals surface area contributed by atoms with Crippen LogP contribution in [0.15, 0.2) is 23.1 Å². The summed E-state index contributed by atoms with van der Waals surface area (Å²) in [6.07, 6.45) is 1.02. The highest BCUT2D eigenvalue weighted by Gasteiger charge is 2.30. The second kappa shape index (κ2) is 5.39. The number of alkyl halides is 3. The predicted octanol–water partition coefficient (Wildman–Crippen LogP) is 4.16. The topological polar surface area (TPSA) is 43.1 Å². The van der Waals surface area contributed by atoms with Gasteiger partial charge in [0.15, 0.2) is 0 Å². The van der Waals surface area contributed by atoms with Crippen molar-refractivity contribution in [1.82, 2.24) is 0 Å². The Labute approximate surface area is 100 Å². The minimum atomic E-state index is -4.38. The van der Waals surface area contributed by atoms with Crippen LogP contribution < -0.4 is 0 Å². The molecule has 0 atom stereocenters. The van der Waals surface area contributed by atoms with E-state index in [0.717, 1.165) is 12.1 Å². The Morgan fingerprint density at radius 3 is 2.53 bits per heavy atom. The molecule has 0 heterocycles. The van der Waals surface area contributed by atoms with Crippen LogP contribution in [0.2, 0.25) is 0 Å². The molecule has 1 rings (SSSR count). The molecule has 0 saturated carbocycles. The summed E-state index contributed by atoms with van der Waals surface area (Å²) in [5.74, 6) is 0. The Bertz CT molecular complexity index is 421. The van der Waals surface area contributed by atoms with Gasteiger partial charge in [-0.2, -0.15) is 13.2 Å². The van der Waals surface area contributed by atoms with E-state index in [1.165, 1.54) is 6.07 Å². The third-order valence-electron chi connectivity index (χ3n) is 2.00. The van der Waals surface area contributed by atoms with Crippen LogP contribution in [-0.4, -0.2) is 10.4 Å². The zero-order valence-corrected chi connectivity index (χ0v) is 9.77. The predicted molar refractivity (Wildman–Crippen MR) is 59.0 cm³/mol.